The van der Waals surface area contributed by atoms with Crippen molar-refractivity contribution in [2.45, 2.75) is 26.2 Å². The van der Waals surface area contributed by atoms with Gasteiger partial charge in [0, 0.05) is 11.6 Å². The molecule has 1 N–H and O–H groups in total. The van der Waals surface area contributed by atoms with Gasteiger partial charge in [0.15, 0.2) is 0 Å². The maximum Gasteiger partial charge on any atom is 0.144 e. The zero-order chi connectivity index (χ0) is 7.78. The minimum Gasteiger partial charge on any atom is -0.362 e. The predicted molar refractivity (Wildman–Crippen MR) is 39.5 cm³/mol. The third-order valence-electron chi connectivity index (χ3n) is 1.45. The van der Waals surface area contributed by atoms with E-state index in [1.165, 1.54) is 6.07 Å². The lowest BCUT2D eigenvalue weighted by Gasteiger charge is -2.16. The van der Waals surface area contributed by atoms with E-state index in [0.717, 1.165) is 0 Å². The average molecular weight is 141 g/mol. The molecule has 0 unspecified atom stereocenters. The van der Waals surface area contributed by atoms with E-state index in [9.17, 15) is 4.39 Å². The second-order valence-corrected chi connectivity index (χ2v) is 3.45. The van der Waals surface area contributed by atoms with E-state index in [2.05, 4.69) is 4.98 Å². The van der Waals surface area contributed by atoms with Gasteiger partial charge in [0.25, 0.3) is 0 Å². The Morgan fingerprint density at radius 3 is 2.20 bits per heavy atom. The van der Waals surface area contributed by atoms with Crippen LogP contribution < -0.4 is 0 Å². The molecule has 1 aromatic rings. The van der Waals surface area contributed by atoms with Crippen LogP contribution in [0.1, 0.15) is 26.5 Å². The highest BCUT2D eigenvalue weighted by Gasteiger charge is 2.18. The van der Waals surface area contributed by atoms with Crippen LogP contribution in [0, 0.1) is 5.82 Å². The summed E-state index contributed by atoms with van der Waals surface area (Å²) >= 11 is 0. The fraction of sp³-hybridized carbons (Fsp3) is 0.500. The molecule has 10 heavy (non-hydrogen) atoms. The van der Waals surface area contributed by atoms with Gasteiger partial charge in [-0.25, -0.2) is 4.39 Å². The van der Waals surface area contributed by atoms with Crippen LogP contribution in [0.5, 0.6) is 0 Å². The Morgan fingerprint density at radius 2 is 2.00 bits per heavy atom. The summed E-state index contributed by atoms with van der Waals surface area (Å²) in [6, 6.07) is 1.45. The normalized spacial score (nSPS) is 12.0. The zero-order valence-corrected chi connectivity index (χ0v) is 6.53. The lowest BCUT2D eigenvalue weighted by molar-refractivity contribution is 0.513. The Hall–Kier alpha value is -0.790. The number of halogens is 1. The molecule has 0 fully saturated rings. The van der Waals surface area contributed by atoms with E-state index < -0.39 is 0 Å². The molecule has 0 saturated carbocycles. The molecule has 1 nitrogen and oxygen atoms in total. The number of aromatic amines is 1. The molecule has 0 atom stereocenters. The van der Waals surface area contributed by atoms with Gasteiger partial charge in [0.2, 0.25) is 0 Å². The molecule has 0 aliphatic rings. The van der Waals surface area contributed by atoms with Crippen LogP contribution in [-0.2, 0) is 5.41 Å². The van der Waals surface area contributed by atoms with Gasteiger partial charge in [0.1, 0.15) is 5.82 Å². The van der Waals surface area contributed by atoms with Crippen molar-refractivity contribution in [2.75, 3.05) is 0 Å². The number of rotatable bonds is 0. The molecule has 0 spiro atoms. The molecule has 0 aliphatic heterocycles. The molecule has 0 amide bonds. The molecule has 0 aliphatic carbocycles. The summed E-state index contributed by atoms with van der Waals surface area (Å²) in [5, 5.41) is 0. The van der Waals surface area contributed by atoms with E-state index in [4.69, 9.17) is 0 Å². The lowest BCUT2D eigenvalue weighted by Crippen LogP contribution is -2.13. The number of nitrogens with one attached hydrogen (secondary N) is 1. The van der Waals surface area contributed by atoms with Crippen molar-refractivity contribution in [2.24, 2.45) is 0 Å². The molecule has 0 radical (unpaired) electrons. The third-order valence-corrected chi connectivity index (χ3v) is 1.45. The van der Waals surface area contributed by atoms with Gasteiger partial charge in [-0.05, 0) is 6.07 Å². The Bertz CT molecular complexity index is 219. The largest absolute Gasteiger partial charge is 0.362 e. The Morgan fingerprint density at radius 1 is 1.40 bits per heavy atom. The summed E-state index contributed by atoms with van der Waals surface area (Å²) in [4.78, 5) is 2.87. The third kappa shape index (κ3) is 1.20. The minimum absolute atomic E-state index is 0.117. The summed E-state index contributed by atoms with van der Waals surface area (Å²) in [6.07, 6.45) is 1.62. The predicted octanol–water partition coefficient (Wildman–Crippen LogP) is 2.45. The minimum atomic E-state index is -0.146. The van der Waals surface area contributed by atoms with Gasteiger partial charge in [-0.3, -0.25) is 0 Å². The van der Waals surface area contributed by atoms with Crippen molar-refractivity contribution in [3.63, 3.8) is 0 Å². The van der Waals surface area contributed by atoms with E-state index in [1.807, 2.05) is 20.8 Å². The maximum atomic E-state index is 12.8. The van der Waals surface area contributed by atoms with E-state index in [-0.39, 0.29) is 11.2 Å². The van der Waals surface area contributed by atoms with E-state index in [0.29, 0.717) is 5.69 Å². The fourth-order valence-electron chi connectivity index (χ4n) is 0.925. The second kappa shape index (κ2) is 2.11. The smallest absolute Gasteiger partial charge is 0.144 e. The summed E-state index contributed by atoms with van der Waals surface area (Å²) in [6.45, 7) is 5.92. The molecule has 1 rings (SSSR count). The molecular weight excluding hydrogens is 129 g/mol. The summed E-state index contributed by atoms with van der Waals surface area (Å²) in [5.74, 6) is -0.146. The van der Waals surface area contributed by atoms with Gasteiger partial charge in [-0.1, -0.05) is 20.8 Å². The van der Waals surface area contributed by atoms with Crippen LogP contribution in [-0.4, -0.2) is 4.98 Å². The van der Waals surface area contributed by atoms with Crippen LogP contribution in [0.3, 0.4) is 0 Å². The van der Waals surface area contributed by atoms with Crippen molar-refractivity contribution in [3.05, 3.63) is 23.8 Å². The van der Waals surface area contributed by atoms with Crippen LogP contribution in [0.15, 0.2) is 12.3 Å². The van der Waals surface area contributed by atoms with Gasteiger partial charge < -0.3 is 4.98 Å². The topological polar surface area (TPSA) is 15.8 Å². The highest BCUT2D eigenvalue weighted by Crippen LogP contribution is 2.22. The summed E-state index contributed by atoms with van der Waals surface area (Å²) < 4.78 is 12.8. The molecule has 0 bridgehead atoms. The van der Waals surface area contributed by atoms with E-state index in [1.54, 1.807) is 6.20 Å². The first kappa shape index (κ1) is 7.32. The Kier molecular flexibility index (Phi) is 1.55. The number of hydrogen-bond acceptors (Lipinski definition) is 0. The molecule has 1 heterocycles. The van der Waals surface area contributed by atoms with Crippen LogP contribution in [0.2, 0.25) is 0 Å². The Labute approximate surface area is 60.3 Å². The average Bonchev–Trinajstić information content (AvgIpc) is 2.11. The highest BCUT2D eigenvalue weighted by atomic mass is 19.1. The molecular formula is C8H12FN. The van der Waals surface area contributed by atoms with Gasteiger partial charge in [0.05, 0.1) is 5.69 Å². The quantitative estimate of drug-likeness (QED) is 0.571. The second-order valence-electron chi connectivity index (χ2n) is 3.45. The van der Waals surface area contributed by atoms with Crippen LogP contribution in [0.4, 0.5) is 4.39 Å². The SMILES string of the molecule is CC(C)(C)c1[nH]ccc1F. The molecule has 0 saturated heterocycles. The van der Waals surface area contributed by atoms with Crippen LogP contribution in [0.25, 0.3) is 0 Å². The molecule has 56 valence electrons. The molecule has 0 aromatic carbocycles. The monoisotopic (exact) mass is 141 g/mol. The summed E-state index contributed by atoms with van der Waals surface area (Å²) in [7, 11) is 0. The Balaban J connectivity index is 3.05. The number of H-pyrrole nitrogens is 1. The fourth-order valence-corrected chi connectivity index (χ4v) is 0.925. The first-order valence-electron chi connectivity index (χ1n) is 3.35. The standard InChI is InChI=1S/C8H12FN/c1-8(2,3)7-6(9)4-5-10-7/h4-5,10H,1-3H3. The highest BCUT2D eigenvalue weighted by molar-refractivity contribution is 5.15. The lowest BCUT2D eigenvalue weighted by atomic mass is 9.92. The summed E-state index contributed by atoms with van der Waals surface area (Å²) in [5.41, 5.74) is 0.556. The van der Waals surface area contributed by atoms with Gasteiger partial charge in [-0.15, -0.1) is 0 Å². The van der Waals surface area contributed by atoms with Crippen molar-refractivity contribution >= 4 is 0 Å². The van der Waals surface area contributed by atoms with Gasteiger partial charge in [-0.2, -0.15) is 0 Å². The van der Waals surface area contributed by atoms with Crippen molar-refractivity contribution < 1.29 is 4.39 Å². The van der Waals surface area contributed by atoms with Crippen LogP contribution >= 0.6 is 0 Å². The maximum absolute atomic E-state index is 12.8. The van der Waals surface area contributed by atoms with Gasteiger partial charge >= 0.3 is 0 Å². The van der Waals surface area contributed by atoms with Crippen molar-refractivity contribution in [3.8, 4) is 0 Å². The first-order valence-corrected chi connectivity index (χ1v) is 3.35. The zero-order valence-electron chi connectivity index (χ0n) is 6.53. The van der Waals surface area contributed by atoms with Crippen molar-refractivity contribution in [1.29, 1.82) is 0 Å². The van der Waals surface area contributed by atoms with E-state index >= 15 is 0 Å². The number of aromatic nitrogens is 1. The first-order chi connectivity index (χ1) is 4.52. The number of hydrogen-bond donors (Lipinski definition) is 1. The molecule has 1 aromatic heterocycles. The molecule has 2 heteroatoms. The van der Waals surface area contributed by atoms with Crippen molar-refractivity contribution in [1.82, 2.24) is 4.98 Å².